The highest BCUT2D eigenvalue weighted by atomic mass is 32.2. The SMILES string of the molecule is CC(C)n1nccc1-c1cccc(CC2CCN(S(=O)(=O)N(C)C)C2)n1. The zero-order chi connectivity index (χ0) is 18.9. The van der Waals surface area contributed by atoms with E-state index in [2.05, 4.69) is 18.9 Å². The Kier molecular flexibility index (Phi) is 5.45. The van der Waals surface area contributed by atoms with Gasteiger partial charge in [0.1, 0.15) is 0 Å². The van der Waals surface area contributed by atoms with Crippen LogP contribution < -0.4 is 0 Å². The Bertz CT molecular complexity index is 860. The van der Waals surface area contributed by atoms with Crippen LogP contribution >= 0.6 is 0 Å². The molecular formula is C18H27N5O2S. The normalized spacial score (nSPS) is 18.9. The van der Waals surface area contributed by atoms with Crippen LogP contribution in [0.15, 0.2) is 30.5 Å². The molecule has 0 aliphatic carbocycles. The van der Waals surface area contributed by atoms with Gasteiger partial charge in [-0.1, -0.05) is 6.07 Å². The fourth-order valence-corrected chi connectivity index (χ4v) is 4.56. The standard InChI is InChI=1S/C18H27N5O2S/c1-14(2)23-18(8-10-19-23)17-7-5-6-16(20-17)12-15-9-11-22(13-15)26(24,25)21(3)4/h5-8,10,14-15H,9,11-13H2,1-4H3. The lowest BCUT2D eigenvalue weighted by Gasteiger charge is -2.20. The number of nitrogens with zero attached hydrogens (tertiary/aromatic N) is 5. The number of hydrogen-bond donors (Lipinski definition) is 0. The summed E-state index contributed by atoms with van der Waals surface area (Å²) >= 11 is 0. The Morgan fingerprint density at radius 3 is 2.73 bits per heavy atom. The zero-order valence-corrected chi connectivity index (χ0v) is 16.6. The maximum absolute atomic E-state index is 12.3. The van der Waals surface area contributed by atoms with Crippen molar-refractivity contribution in [3.8, 4) is 11.4 Å². The molecular weight excluding hydrogens is 350 g/mol. The van der Waals surface area contributed by atoms with Crippen molar-refractivity contribution in [2.24, 2.45) is 5.92 Å². The lowest BCUT2D eigenvalue weighted by molar-refractivity contribution is 0.409. The maximum atomic E-state index is 12.3. The van der Waals surface area contributed by atoms with E-state index in [1.807, 2.05) is 28.9 Å². The first kappa shape index (κ1) is 19.0. The molecule has 0 bridgehead atoms. The van der Waals surface area contributed by atoms with Crippen LogP contribution in [0.3, 0.4) is 0 Å². The van der Waals surface area contributed by atoms with Crippen molar-refractivity contribution < 1.29 is 8.42 Å². The highest BCUT2D eigenvalue weighted by Gasteiger charge is 2.32. The van der Waals surface area contributed by atoms with E-state index in [1.165, 1.54) is 4.31 Å². The van der Waals surface area contributed by atoms with Crippen LogP contribution in [0.1, 0.15) is 32.0 Å². The average molecular weight is 378 g/mol. The molecule has 0 radical (unpaired) electrons. The Balaban J connectivity index is 1.73. The first-order valence-electron chi connectivity index (χ1n) is 8.96. The fraction of sp³-hybridized carbons (Fsp3) is 0.556. The number of pyridine rings is 1. The van der Waals surface area contributed by atoms with Gasteiger partial charge in [-0.25, -0.2) is 0 Å². The van der Waals surface area contributed by atoms with Gasteiger partial charge in [0.05, 0.1) is 11.4 Å². The number of rotatable bonds is 6. The second-order valence-corrected chi connectivity index (χ2v) is 9.42. The third-order valence-corrected chi connectivity index (χ3v) is 6.67. The predicted octanol–water partition coefficient (Wildman–Crippen LogP) is 2.20. The quantitative estimate of drug-likeness (QED) is 0.774. The number of aromatic nitrogens is 3. The van der Waals surface area contributed by atoms with Crippen LogP contribution in [0.5, 0.6) is 0 Å². The zero-order valence-electron chi connectivity index (χ0n) is 15.8. The van der Waals surface area contributed by atoms with Crippen molar-refractivity contribution >= 4 is 10.2 Å². The van der Waals surface area contributed by atoms with E-state index < -0.39 is 10.2 Å². The summed E-state index contributed by atoms with van der Waals surface area (Å²) in [6.45, 7) is 5.32. The molecule has 1 fully saturated rings. The molecule has 142 valence electrons. The third kappa shape index (κ3) is 3.82. The minimum absolute atomic E-state index is 0.269. The second kappa shape index (κ2) is 7.46. The van der Waals surface area contributed by atoms with E-state index in [9.17, 15) is 8.42 Å². The van der Waals surface area contributed by atoms with Gasteiger partial charge in [0.25, 0.3) is 10.2 Å². The monoisotopic (exact) mass is 377 g/mol. The molecule has 2 aromatic rings. The topological polar surface area (TPSA) is 71.3 Å². The van der Waals surface area contributed by atoms with E-state index in [4.69, 9.17) is 4.98 Å². The molecule has 1 atom stereocenters. The molecule has 3 rings (SSSR count). The largest absolute Gasteiger partial charge is 0.281 e. The van der Waals surface area contributed by atoms with E-state index in [0.29, 0.717) is 19.0 Å². The van der Waals surface area contributed by atoms with Gasteiger partial charge in [0.2, 0.25) is 0 Å². The molecule has 0 N–H and O–H groups in total. The Hall–Kier alpha value is -1.77. The van der Waals surface area contributed by atoms with Gasteiger partial charge in [-0.3, -0.25) is 9.67 Å². The van der Waals surface area contributed by atoms with Gasteiger partial charge in [-0.15, -0.1) is 0 Å². The molecule has 7 nitrogen and oxygen atoms in total. The molecule has 8 heteroatoms. The van der Waals surface area contributed by atoms with Gasteiger partial charge >= 0.3 is 0 Å². The first-order valence-corrected chi connectivity index (χ1v) is 10.4. The molecule has 1 aliphatic heterocycles. The van der Waals surface area contributed by atoms with Crippen LogP contribution in [0.4, 0.5) is 0 Å². The minimum Gasteiger partial charge on any atom is -0.261 e. The predicted molar refractivity (Wildman–Crippen MR) is 102 cm³/mol. The van der Waals surface area contributed by atoms with Gasteiger partial charge in [0, 0.05) is 45.1 Å². The highest BCUT2D eigenvalue weighted by molar-refractivity contribution is 7.86. The molecule has 0 saturated carbocycles. The molecule has 26 heavy (non-hydrogen) atoms. The Morgan fingerprint density at radius 1 is 1.27 bits per heavy atom. The minimum atomic E-state index is -3.33. The molecule has 1 aliphatic rings. The lowest BCUT2D eigenvalue weighted by Crippen LogP contribution is -2.38. The summed E-state index contributed by atoms with van der Waals surface area (Å²) in [6, 6.07) is 8.27. The summed E-state index contributed by atoms with van der Waals surface area (Å²) in [5.74, 6) is 0.294. The van der Waals surface area contributed by atoms with E-state index in [-0.39, 0.29) is 6.04 Å². The fourth-order valence-electron chi connectivity index (χ4n) is 3.36. The Labute approximate surface area is 155 Å². The summed E-state index contributed by atoms with van der Waals surface area (Å²) in [7, 11) is -0.176. The average Bonchev–Trinajstić information content (AvgIpc) is 3.24. The molecule has 0 spiro atoms. The molecule has 0 amide bonds. The van der Waals surface area contributed by atoms with E-state index in [0.717, 1.165) is 29.9 Å². The summed E-state index contributed by atoms with van der Waals surface area (Å²) in [5.41, 5.74) is 2.91. The van der Waals surface area contributed by atoms with Crippen LogP contribution in [0.2, 0.25) is 0 Å². The third-order valence-electron chi connectivity index (χ3n) is 4.76. The van der Waals surface area contributed by atoms with Crippen LogP contribution in [0, 0.1) is 5.92 Å². The molecule has 1 saturated heterocycles. The van der Waals surface area contributed by atoms with E-state index in [1.54, 1.807) is 24.6 Å². The van der Waals surface area contributed by atoms with Crippen LogP contribution in [-0.4, -0.2) is 59.0 Å². The maximum Gasteiger partial charge on any atom is 0.281 e. The lowest BCUT2D eigenvalue weighted by atomic mass is 10.0. The Morgan fingerprint density at radius 2 is 2.04 bits per heavy atom. The van der Waals surface area contributed by atoms with Gasteiger partial charge < -0.3 is 0 Å². The van der Waals surface area contributed by atoms with Crippen LogP contribution in [-0.2, 0) is 16.6 Å². The number of hydrogen-bond acceptors (Lipinski definition) is 4. The smallest absolute Gasteiger partial charge is 0.261 e. The van der Waals surface area contributed by atoms with Crippen molar-refractivity contribution in [2.75, 3.05) is 27.2 Å². The molecule has 0 aromatic carbocycles. The van der Waals surface area contributed by atoms with Crippen molar-refractivity contribution in [1.29, 1.82) is 0 Å². The summed E-state index contributed by atoms with van der Waals surface area (Å²) in [5, 5.41) is 4.38. The van der Waals surface area contributed by atoms with Crippen LogP contribution in [0.25, 0.3) is 11.4 Å². The molecule has 3 heterocycles. The summed E-state index contributed by atoms with van der Waals surface area (Å²) in [4.78, 5) is 4.80. The highest BCUT2D eigenvalue weighted by Crippen LogP contribution is 2.25. The summed E-state index contributed by atoms with van der Waals surface area (Å²) < 4.78 is 29.3. The van der Waals surface area contributed by atoms with Gasteiger partial charge in [0.15, 0.2) is 0 Å². The van der Waals surface area contributed by atoms with E-state index >= 15 is 0 Å². The second-order valence-electron chi connectivity index (χ2n) is 7.28. The van der Waals surface area contributed by atoms with Gasteiger partial charge in [-0.2, -0.15) is 22.1 Å². The first-order chi connectivity index (χ1) is 12.3. The van der Waals surface area contributed by atoms with Crippen molar-refractivity contribution in [3.05, 3.63) is 36.2 Å². The van der Waals surface area contributed by atoms with Gasteiger partial charge in [-0.05, 0) is 50.8 Å². The van der Waals surface area contributed by atoms with Crippen molar-refractivity contribution in [3.63, 3.8) is 0 Å². The van der Waals surface area contributed by atoms with Crippen molar-refractivity contribution in [2.45, 2.75) is 32.7 Å². The molecule has 1 unspecified atom stereocenters. The van der Waals surface area contributed by atoms with Crippen molar-refractivity contribution in [1.82, 2.24) is 23.4 Å². The molecule has 2 aromatic heterocycles. The summed E-state index contributed by atoms with van der Waals surface area (Å²) in [6.07, 6.45) is 3.44.